The van der Waals surface area contributed by atoms with E-state index in [1.807, 2.05) is 40.0 Å². The van der Waals surface area contributed by atoms with Crippen LogP contribution in [0.4, 0.5) is 5.69 Å². The van der Waals surface area contributed by atoms with E-state index in [-0.39, 0.29) is 5.92 Å². The van der Waals surface area contributed by atoms with Crippen molar-refractivity contribution in [2.45, 2.75) is 25.4 Å². The zero-order chi connectivity index (χ0) is 19.8. The molecule has 2 bridgehead atoms. The van der Waals surface area contributed by atoms with Gasteiger partial charge in [0.1, 0.15) is 5.69 Å². The lowest BCUT2D eigenvalue weighted by Crippen LogP contribution is -2.59. The van der Waals surface area contributed by atoms with Gasteiger partial charge in [0.15, 0.2) is 0 Å². The molecule has 4 aliphatic heterocycles. The highest BCUT2D eigenvalue weighted by molar-refractivity contribution is 5.79. The SMILES string of the molecule is Nc1cccc(-c2cn(C[C@H]3CC4CCN3C[C@@H]4C(=O)N3CCOCC3)nn2)c1. The second kappa shape index (κ2) is 7.76. The zero-order valence-electron chi connectivity index (χ0n) is 16.6. The lowest BCUT2D eigenvalue weighted by Gasteiger charge is -2.50. The minimum absolute atomic E-state index is 0.136. The first-order chi connectivity index (χ1) is 14.2. The number of carbonyl (C=O) groups excluding carboxylic acids is 1. The summed E-state index contributed by atoms with van der Waals surface area (Å²) in [6, 6.07) is 8.13. The number of hydrogen-bond acceptors (Lipinski definition) is 6. The van der Waals surface area contributed by atoms with Crippen LogP contribution in [0.1, 0.15) is 12.8 Å². The summed E-state index contributed by atoms with van der Waals surface area (Å²) in [6.45, 7) is 5.54. The van der Waals surface area contributed by atoms with E-state index in [0.717, 1.165) is 62.5 Å². The molecule has 4 aliphatic rings. The maximum absolute atomic E-state index is 13.0. The van der Waals surface area contributed by atoms with Gasteiger partial charge in [-0.15, -0.1) is 5.10 Å². The molecule has 4 atom stereocenters. The molecule has 4 fully saturated rings. The molecule has 0 radical (unpaired) electrons. The monoisotopic (exact) mass is 396 g/mol. The summed E-state index contributed by atoms with van der Waals surface area (Å²) in [5, 5.41) is 8.66. The van der Waals surface area contributed by atoms with Crippen LogP contribution in [0.15, 0.2) is 30.5 Å². The minimum atomic E-state index is 0.136. The summed E-state index contributed by atoms with van der Waals surface area (Å²) in [7, 11) is 0. The fraction of sp³-hybridized carbons (Fsp3) is 0.571. The van der Waals surface area contributed by atoms with Crippen molar-refractivity contribution in [1.82, 2.24) is 24.8 Å². The molecule has 5 heterocycles. The van der Waals surface area contributed by atoms with E-state index in [9.17, 15) is 4.79 Å². The Hall–Kier alpha value is -2.45. The third kappa shape index (κ3) is 3.74. The van der Waals surface area contributed by atoms with Crippen LogP contribution < -0.4 is 5.73 Å². The van der Waals surface area contributed by atoms with Crippen LogP contribution in [0.5, 0.6) is 0 Å². The van der Waals surface area contributed by atoms with Crippen LogP contribution in [0.3, 0.4) is 0 Å². The summed E-state index contributed by atoms with van der Waals surface area (Å²) in [6.07, 6.45) is 4.16. The number of rotatable bonds is 4. The van der Waals surface area contributed by atoms with E-state index in [1.54, 1.807) is 0 Å². The average Bonchev–Trinajstić information content (AvgIpc) is 3.23. The standard InChI is InChI=1S/C21H28N6O2/c22-17-3-1-2-16(10-17)20-14-27(24-23-20)12-18-11-15-4-5-26(18)13-19(15)21(28)25-6-8-29-9-7-25/h1-3,10,14-15,18-19H,4-9,11-13,22H2/t15?,18-,19+/m1/s1. The summed E-state index contributed by atoms with van der Waals surface area (Å²) < 4.78 is 7.33. The van der Waals surface area contributed by atoms with E-state index in [1.165, 1.54) is 0 Å². The number of nitrogens with zero attached hydrogens (tertiary/aromatic N) is 5. The van der Waals surface area contributed by atoms with E-state index in [2.05, 4.69) is 15.2 Å². The molecule has 154 valence electrons. The van der Waals surface area contributed by atoms with Gasteiger partial charge in [-0.2, -0.15) is 0 Å². The number of ether oxygens (including phenoxy) is 1. The highest BCUT2D eigenvalue weighted by atomic mass is 16.5. The highest BCUT2D eigenvalue weighted by Gasteiger charge is 2.44. The number of anilines is 1. The van der Waals surface area contributed by atoms with Crippen molar-refractivity contribution < 1.29 is 9.53 Å². The van der Waals surface area contributed by atoms with Crippen LogP contribution >= 0.6 is 0 Å². The number of piperidine rings is 3. The van der Waals surface area contributed by atoms with Crippen molar-refractivity contribution in [2.24, 2.45) is 11.8 Å². The Morgan fingerprint density at radius 3 is 2.86 bits per heavy atom. The first kappa shape index (κ1) is 18.6. The molecule has 8 heteroatoms. The fourth-order valence-electron chi connectivity index (χ4n) is 5.06. The molecule has 29 heavy (non-hydrogen) atoms. The number of aromatic nitrogens is 3. The number of benzene rings is 1. The number of fused-ring (bicyclic) bond motifs is 3. The number of hydrogen-bond donors (Lipinski definition) is 1. The van der Waals surface area contributed by atoms with E-state index < -0.39 is 0 Å². The molecular weight excluding hydrogens is 368 g/mol. The number of morpholine rings is 1. The second-order valence-electron chi connectivity index (χ2n) is 8.43. The van der Waals surface area contributed by atoms with Gasteiger partial charge in [0.2, 0.25) is 5.91 Å². The summed E-state index contributed by atoms with van der Waals surface area (Å²) in [5.41, 5.74) is 8.44. The molecular formula is C21H28N6O2. The molecule has 0 aliphatic carbocycles. The summed E-state index contributed by atoms with van der Waals surface area (Å²) >= 11 is 0. The van der Waals surface area contributed by atoms with Crippen LogP contribution in [0.2, 0.25) is 0 Å². The molecule has 0 saturated carbocycles. The maximum atomic E-state index is 13.0. The summed E-state index contributed by atoms with van der Waals surface area (Å²) in [4.78, 5) is 17.5. The molecule has 1 aromatic heterocycles. The Morgan fingerprint density at radius 1 is 1.24 bits per heavy atom. The van der Waals surface area contributed by atoms with Gasteiger partial charge in [-0.05, 0) is 37.4 Å². The van der Waals surface area contributed by atoms with E-state index >= 15 is 0 Å². The first-order valence-corrected chi connectivity index (χ1v) is 10.5. The normalized spacial score (nSPS) is 29.2. The van der Waals surface area contributed by atoms with Gasteiger partial charge in [0.05, 0.1) is 31.9 Å². The van der Waals surface area contributed by atoms with Crippen molar-refractivity contribution >= 4 is 11.6 Å². The van der Waals surface area contributed by atoms with Gasteiger partial charge in [0, 0.05) is 36.9 Å². The number of nitrogen functional groups attached to an aromatic ring is 1. The van der Waals surface area contributed by atoms with E-state index in [4.69, 9.17) is 10.5 Å². The topological polar surface area (TPSA) is 89.5 Å². The van der Waals surface area contributed by atoms with Crippen molar-refractivity contribution in [3.8, 4) is 11.3 Å². The average molecular weight is 396 g/mol. The number of carbonyl (C=O) groups is 1. The van der Waals surface area contributed by atoms with Crippen LogP contribution in [0.25, 0.3) is 11.3 Å². The predicted octanol–water partition coefficient (Wildman–Crippen LogP) is 1.10. The van der Waals surface area contributed by atoms with Gasteiger partial charge in [0.25, 0.3) is 0 Å². The molecule has 2 aromatic rings. The number of nitrogens with two attached hydrogens (primary N) is 1. The molecule has 6 rings (SSSR count). The fourth-order valence-corrected chi connectivity index (χ4v) is 5.06. The Morgan fingerprint density at radius 2 is 2.10 bits per heavy atom. The van der Waals surface area contributed by atoms with Gasteiger partial charge in [-0.3, -0.25) is 14.4 Å². The Balaban J connectivity index is 1.24. The van der Waals surface area contributed by atoms with Crippen LogP contribution in [-0.2, 0) is 16.1 Å². The molecule has 1 amide bonds. The van der Waals surface area contributed by atoms with Crippen molar-refractivity contribution in [3.05, 3.63) is 30.5 Å². The predicted molar refractivity (Wildman–Crippen MR) is 109 cm³/mol. The molecule has 4 saturated heterocycles. The van der Waals surface area contributed by atoms with E-state index in [0.29, 0.717) is 31.1 Å². The van der Waals surface area contributed by atoms with Crippen molar-refractivity contribution in [1.29, 1.82) is 0 Å². The third-order valence-electron chi connectivity index (χ3n) is 6.64. The molecule has 8 nitrogen and oxygen atoms in total. The lowest BCUT2D eigenvalue weighted by molar-refractivity contribution is -0.148. The summed E-state index contributed by atoms with van der Waals surface area (Å²) in [5.74, 6) is 0.931. The second-order valence-corrected chi connectivity index (χ2v) is 8.43. The Labute approximate surface area is 170 Å². The van der Waals surface area contributed by atoms with Crippen LogP contribution in [0, 0.1) is 11.8 Å². The molecule has 0 spiro atoms. The van der Waals surface area contributed by atoms with Gasteiger partial charge >= 0.3 is 0 Å². The smallest absolute Gasteiger partial charge is 0.227 e. The maximum Gasteiger partial charge on any atom is 0.227 e. The van der Waals surface area contributed by atoms with Gasteiger partial charge in [-0.1, -0.05) is 17.3 Å². The minimum Gasteiger partial charge on any atom is -0.399 e. The lowest BCUT2D eigenvalue weighted by atomic mass is 9.75. The van der Waals surface area contributed by atoms with Crippen molar-refractivity contribution in [3.63, 3.8) is 0 Å². The third-order valence-corrected chi connectivity index (χ3v) is 6.64. The van der Waals surface area contributed by atoms with Gasteiger partial charge < -0.3 is 15.4 Å². The Bertz CT molecular complexity index is 878. The zero-order valence-corrected chi connectivity index (χ0v) is 16.6. The molecule has 1 aromatic carbocycles. The van der Waals surface area contributed by atoms with Crippen molar-refractivity contribution in [2.75, 3.05) is 45.1 Å². The molecule has 2 N–H and O–H groups in total. The first-order valence-electron chi connectivity index (χ1n) is 10.5. The Kier molecular flexibility index (Phi) is 4.97. The highest BCUT2D eigenvalue weighted by Crippen LogP contribution is 2.38. The molecule has 2 unspecified atom stereocenters. The number of amides is 1. The largest absolute Gasteiger partial charge is 0.399 e. The van der Waals surface area contributed by atoms with Crippen LogP contribution in [-0.4, -0.2) is 76.1 Å². The quantitative estimate of drug-likeness (QED) is 0.779. The van der Waals surface area contributed by atoms with Gasteiger partial charge in [-0.25, -0.2) is 0 Å².